The molecule has 0 saturated heterocycles. The predicted molar refractivity (Wildman–Crippen MR) is 81.8 cm³/mol. The van der Waals surface area contributed by atoms with Crippen LogP contribution in [0.15, 0.2) is 23.6 Å². The molecule has 1 aromatic carbocycles. The van der Waals surface area contributed by atoms with Crippen molar-refractivity contribution in [1.82, 2.24) is 15.4 Å². The number of thiazole rings is 1. The van der Waals surface area contributed by atoms with Crippen LogP contribution in [-0.2, 0) is 0 Å². The molecule has 1 N–H and O–H groups in total. The zero-order valence-corrected chi connectivity index (χ0v) is 13.2. The summed E-state index contributed by atoms with van der Waals surface area (Å²) in [6.07, 6.45) is 0. The fourth-order valence-electron chi connectivity index (χ4n) is 1.74. The lowest BCUT2D eigenvalue weighted by Gasteiger charge is -2.09. The van der Waals surface area contributed by atoms with Crippen LogP contribution in [0.2, 0.25) is 0 Å². The first kappa shape index (κ1) is 15.3. The molecule has 0 radical (unpaired) electrons. The van der Waals surface area contributed by atoms with E-state index in [2.05, 4.69) is 10.4 Å². The number of amides is 1. The zero-order valence-electron chi connectivity index (χ0n) is 12.3. The molecule has 2 rings (SSSR count). The van der Waals surface area contributed by atoms with Crippen molar-refractivity contribution in [3.05, 3.63) is 29.3 Å². The second kappa shape index (κ2) is 6.55. The van der Waals surface area contributed by atoms with E-state index in [4.69, 9.17) is 9.47 Å². The van der Waals surface area contributed by atoms with Crippen LogP contribution in [0.3, 0.4) is 0 Å². The van der Waals surface area contributed by atoms with Gasteiger partial charge in [0.1, 0.15) is 10.7 Å². The number of hydrogen-bond donors (Lipinski definition) is 1. The fraction of sp³-hybridized carbons (Fsp3) is 0.286. The van der Waals surface area contributed by atoms with E-state index in [0.29, 0.717) is 17.2 Å². The molecule has 2 aromatic rings. The molecule has 0 saturated carbocycles. The quantitative estimate of drug-likeness (QED) is 0.856. The summed E-state index contributed by atoms with van der Waals surface area (Å²) in [4.78, 5) is 16.2. The van der Waals surface area contributed by atoms with Crippen molar-refractivity contribution in [2.24, 2.45) is 0 Å². The Kier molecular flexibility index (Phi) is 4.77. The van der Waals surface area contributed by atoms with Crippen molar-refractivity contribution in [2.45, 2.75) is 0 Å². The van der Waals surface area contributed by atoms with Crippen LogP contribution in [-0.4, -0.2) is 44.2 Å². The van der Waals surface area contributed by atoms with Crippen molar-refractivity contribution < 1.29 is 14.3 Å². The van der Waals surface area contributed by atoms with Crippen molar-refractivity contribution >= 4 is 17.2 Å². The van der Waals surface area contributed by atoms with Crippen LogP contribution in [0.4, 0.5) is 0 Å². The Hall–Kier alpha value is -2.12. The molecule has 6 nitrogen and oxygen atoms in total. The Balaban J connectivity index is 2.27. The summed E-state index contributed by atoms with van der Waals surface area (Å²) in [6.45, 7) is 0. The summed E-state index contributed by atoms with van der Waals surface area (Å²) in [7, 11) is 6.67. The Morgan fingerprint density at radius 1 is 1.24 bits per heavy atom. The van der Waals surface area contributed by atoms with E-state index in [1.807, 2.05) is 18.2 Å². The third-order valence-corrected chi connectivity index (χ3v) is 3.58. The van der Waals surface area contributed by atoms with Gasteiger partial charge < -0.3 is 9.47 Å². The van der Waals surface area contributed by atoms with Crippen LogP contribution < -0.4 is 14.9 Å². The largest absolute Gasteiger partial charge is 0.493 e. The first-order valence-electron chi connectivity index (χ1n) is 6.21. The van der Waals surface area contributed by atoms with Gasteiger partial charge in [-0.3, -0.25) is 10.2 Å². The Labute approximate surface area is 127 Å². The van der Waals surface area contributed by atoms with Gasteiger partial charge in [0.25, 0.3) is 5.91 Å². The van der Waals surface area contributed by atoms with Crippen LogP contribution in [0.1, 0.15) is 10.5 Å². The van der Waals surface area contributed by atoms with Gasteiger partial charge in [0.05, 0.1) is 14.2 Å². The highest BCUT2D eigenvalue weighted by atomic mass is 32.1. The minimum absolute atomic E-state index is 0.233. The number of carbonyl (C=O) groups is 1. The molecule has 0 atom stereocenters. The van der Waals surface area contributed by atoms with Crippen molar-refractivity contribution in [3.8, 4) is 22.1 Å². The Bertz CT molecular complexity index is 640. The SMILES string of the molecule is COc1ccc(-c2nc(C(=O)NN(C)C)cs2)cc1OC. The Morgan fingerprint density at radius 3 is 2.57 bits per heavy atom. The van der Waals surface area contributed by atoms with Gasteiger partial charge in [-0.2, -0.15) is 0 Å². The van der Waals surface area contributed by atoms with E-state index in [1.54, 1.807) is 38.7 Å². The smallest absolute Gasteiger partial charge is 0.285 e. The number of benzene rings is 1. The number of aromatic nitrogens is 1. The highest BCUT2D eigenvalue weighted by molar-refractivity contribution is 7.13. The van der Waals surface area contributed by atoms with Crippen molar-refractivity contribution in [2.75, 3.05) is 28.3 Å². The van der Waals surface area contributed by atoms with Gasteiger partial charge in [0, 0.05) is 25.0 Å². The normalized spacial score (nSPS) is 10.5. The molecule has 0 aliphatic heterocycles. The fourth-order valence-corrected chi connectivity index (χ4v) is 2.54. The van der Waals surface area contributed by atoms with Gasteiger partial charge in [0.2, 0.25) is 0 Å². The van der Waals surface area contributed by atoms with Crippen LogP contribution in [0.5, 0.6) is 11.5 Å². The lowest BCUT2D eigenvalue weighted by Crippen LogP contribution is -2.36. The third kappa shape index (κ3) is 3.50. The lowest BCUT2D eigenvalue weighted by atomic mass is 10.2. The summed E-state index contributed by atoms with van der Waals surface area (Å²) in [5, 5.41) is 4.06. The molecule has 1 amide bonds. The summed E-state index contributed by atoms with van der Waals surface area (Å²) < 4.78 is 10.5. The number of ether oxygens (including phenoxy) is 2. The van der Waals surface area contributed by atoms with Gasteiger partial charge in [-0.05, 0) is 18.2 Å². The van der Waals surface area contributed by atoms with E-state index in [-0.39, 0.29) is 5.91 Å². The molecule has 112 valence electrons. The van der Waals surface area contributed by atoms with Crippen molar-refractivity contribution in [3.63, 3.8) is 0 Å². The van der Waals surface area contributed by atoms with E-state index < -0.39 is 0 Å². The van der Waals surface area contributed by atoms with Crippen LogP contribution in [0, 0.1) is 0 Å². The zero-order chi connectivity index (χ0) is 15.4. The van der Waals surface area contributed by atoms with E-state index in [1.165, 1.54) is 11.3 Å². The van der Waals surface area contributed by atoms with E-state index >= 15 is 0 Å². The first-order chi connectivity index (χ1) is 10.0. The molecule has 7 heteroatoms. The number of hydrogen-bond acceptors (Lipinski definition) is 6. The number of carbonyl (C=O) groups excluding carboxylic acids is 1. The highest BCUT2D eigenvalue weighted by Gasteiger charge is 2.13. The number of nitrogens with one attached hydrogen (secondary N) is 1. The van der Waals surface area contributed by atoms with Gasteiger partial charge >= 0.3 is 0 Å². The molecule has 0 fully saturated rings. The molecule has 0 aliphatic carbocycles. The van der Waals surface area contributed by atoms with Gasteiger partial charge in [-0.15, -0.1) is 11.3 Å². The second-order valence-corrected chi connectivity index (χ2v) is 5.30. The average molecular weight is 307 g/mol. The van der Waals surface area contributed by atoms with Gasteiger partial charge in [0.15, 0.2) is 11.5 Å². The minimum atomic E-state index is -0.233. The molecular formula is C14H17N3O3S. The number of methoxy groups -OCH3 is 2. The van der Waals surface area contributed by atoms with Gasteiger partial charge in [-0.25, -0.2) is 9.99 Å². The standard InChI is InChI=1S/C14H17N3O3S/c1-17(2)16-13(18)10-8-21-14(15-10)9-5-6-11(19-3)12(7-9)20-4/h5-8H,1-4H3,(H,16,18). The second-order valence-electron chi connectivity index (χ2n) is 4.44. The lowest BCUT2D eigenvalue weighted by molar-refractivity contribution is 0.0852. The molecule has 0 unspecified atom stereocenters. The maximum atomic E-state index is 11.9. The number of nitrogens with zero attached hydrogens (tertiary/aromatic N) is 2. The molecule has 21 heavy (non-hydrogen) atoms. The summed E-state index contributed by atoms with van der Waals surface area (Å²) in [5.74, 6) is 1.05. The summed E-state index contributed by atoms with van der Waals surface area (Å²) >= 11 is 1.40. The monoisotopic (exact) mass is 307 g/mol. The molecule has 1 aromatic heterocycles. The van der Waals surface area contributed by atoms with Crippen LogP contribution in [0.25, 0.3) is 10.6 Å². The Morgan fingerprint density at radius 2 is 1.95 bits per heavy atom. The topological polar surface area (TPSA) is 63.7 Å². The maximum Gasteiger partial charge on any atom is 0.285 e. The average Bonchev–Trinajstić information content (AvgIpc) is 2.95. The predicted octanol–water partition coefficient (Wildman–Crippen LogP) is 2.03. The summed E-state index contributed by atoms with van der Waals surface area (Å²) in [6, 6.07) is 5.54. The van der Waals surface area contributed by atoms with Gasteiger partial charge in [-0.1, -0.05) is 0 Å². The number of rotatable bonds is 5. The maximum absolute atomic E-state index is 11.9. The highest BCUT2D eigenvalue weighted by Crippen LogP contribution is 2.33. The molecule has 1 heterocycles. The molecule has 0 spiro atoms. The molecular weight excluding hydrogens is 290 g/mol. The number of hydrazine groups is 1. The van der Waals surface area contributed by atoms with Crippen molar-refractivity contribution in [1.29, 1.82) is 0 Å². The first-order valence-corrected chi connectivity index (χ1v) is 7.09. The molecule has 0 bridgehead atoms. The van der Waals surface area contributed by atoms with E-state index in [9.17, 15) is 4.79 Å². The third-order valence-electron chi connectivity index (χ3n) is 2.69. The van der Waals surface area contributed by atoms with E-state index in [0.717, 1.165) is 10.6 Å². The summed E-state index contributed by atoms with van der Waals surface area (Å²) in [5.41, 5.74) is 3.92. The van der Waals surface area contributed by atoms with Crippen LogP contribution >= 0.6 is 11.3 Å². The minimum Gasteiger partial charge on any atom is -0.493 e. The molecule has 0 aliphatic rings.